The molecule has 1 atom stereocenters. The van der Waals surface area contributed by atoms with Crippen LogP contribution in [0.4, 0.5) is 10.1 Å². The van der Waals surface area contributed by atoms with Crippen LogP contribution < -0.4 is 5.32 Å². The van der Waals surface area contributed by atoms with Gasteiger partial charge in [-0.25, -0.2) is 4.39 Å². The number of nitrogens with zero attached hydrogens (tertiary/aromatic N) is 4. The highest BCUT2D eigenvalue weighted by Crippen LogP contribution is 2.38. The number of aromatic nitrogens is 3. The summed E-state index contributed by atoms with van der Waals surface area (Å²) in [6.45, 7) is -0.277. The maximum Gasteiger partial charge on any atom is 0.277 e. The molecule has 0 radical (unpaired) electrons. The lowest BCUT2D eigenvalue weighted by atomic mass is 9.95. The van der Waals surface area contributed by atoms with Crippen LogP contribution in [0.5, 0.6) is 0 Å². The third-order valence-electron chi connectivity index (χ3n) is 4.49. The monoisotopic (exact) mass is 399 g/mol. The van der Waals surface area contributed by atoms with E-state index in [-0.39, 0.29) is 17.8 Å². The Morgan fingerprint density at radius 3 is 2.75 bits per heavy atom. The molecule has 1 aliphatic heterocycles. The maximum absolute atomic E-state index is 14.7. The lowest BCUT2D eigenvalue weighted by molar-refractivity contribution is -0.117. The van der Waals surface area contributed by atoms with Crippen molar-refractivity contribution in [3.8, 4) is 0 Å². The summed E-state index contributed by atoms with van der Waals surface area (Å²) in [5, 5.41) is 10.8. The number of amides is 2. The molecule has 0 fully saturated rings. The Morgan fingerprint density at radius 1 is 1.25 bits per heavy atom. The van der Waals surface area contributed by atoms with E-state index in [4.69, 9.17) is 11.6 Å². The number of aryl methyl sites for hydroxylation is 1. The number of hydrogen-bond acceptors (Lipinski definition) is 4. The standard InChI is InChI=1S/C19H15ClFN5O2/c1-25-9-16(23-24-25)19(28)26-10-17(27)22-15-7-6-11(20)8-13(15)18(26)12-4-2-3-5-14(12)21/h2-9,18H,10H2,1H3,(H,22,27). The summed E-state index contributed by atoms with van der Waals surface area (Å²) in [5.41, 5.74) is 1.29. The molecule has 2 amide bonds. The van der Waals surface area contributed by atoms with E-state index in [0.717, 1.165) is 0 Å². The molecule has 2 heterocycles. The fourth-order valence-electron chi connectivity index (χ4n) is 3.29. The molecule has 0 saturated carbocycles. The van der Waals surface area contributed by atoms with E-state index in [1.54, 1.807) is 43.4 Å². The first-order chi connectivity index (χ1) is 13.4. The zero-order valence-corrected chi connectivity index (χ0v) is 15.5. The van der Waals surface area contributed by atoms with Crippen molar-refractivity contribution < 1.29 is 14.0 Å². The molecule has 4 rings (SSSR count). The minimum Gasteiger partial charge on any atom is -0.324 e. The van der Waals surface area contributed by atoms with E-state index in [0.29, 0.717) is 16.3 Å². The predicted octanol–water partition coefficient (Wildman–Crippen LogP) is 2.79. The van der Waals surface area contributed by atoms with Crippen LogP contribution in [0.25, 0.3) is 0 Å². The van der Waals surface area contributed by atoms with Crippen LogP contribution >= 0.6 is 11.6 Å². The van der Waals surface area contributed by atoms with Gasteiger partial charge in [-0.15, -0.1) is 5.10 Å². The van der Waals surface area contributed by atoms with Crippen LogP contribution in [0.1, 0.15) is 27.7 Å². The van der Waals surface area contributed by atoms with Crippen molar-refractivity contribution >= 4 is 29.1 Å². The van der Waals surface area contributed by atoms with Crippen LogP contribution in [-0.4, -0.2) is 38.3 Å². The van der Waals surface area contributed by atoms with Crippen LogP contribution in [0.2, 0.25) is 5.02 Å². The summed E-state index contributed by atoms with van der Waals surface area (Å²) >= 11 is 6.17. The average Bonchev–Trinajstić information content (AvgIpc) is 3.04. The average molecular weight is 400 g/mol. The van der Waals surface area contributed by atoms with Crippen molar-refractivity contribution in [3.63, 3.8) is 0 Å². The maximum atomic E-state index is 14.7. The van der Waals surface area contributed by atoms with Crippen molar-refractivity contribution in [2.75, 3.05) is 11.9 Å². The molecule has 2 aromatic carbocycles. The van der Waals surface area contributed by atoms with E-state index < -0.39 is 23.7 Å². The molecule has 0 aliphatic carbocycles. The number of hydrogen-bond donors (Lipinski definition) is 1. The second-order valence-electron chi connectivity index (χ2n) is 6.41. The number of carbonyl (C=O) groups excluding carboxylic acids is 2. The first-order valence-corrected chi connectivity index (χ1v) is 8.83. The van der Waals surface area contributed by atoms with E-state index in [1.165, 1.54) is 21.8 Å². The van der Waals surface area contributed by atoms with E-state index in [9.17, 15) is 14.0 Å². The molecule has 0 spiro atoms. The number of benzene rings is 2. The lowest BCUT2D eigenvalue weighted by Gasteiger charge is -2.30. The summed E-state index contributed by atoms with van der Waals surface area (Å²) in [7, 11) is 1.63. The van der Waals surface area contributed by atoms with Gasteiger partial charge < -0.3 is 10.2 Å². The number of nitrogens with one attached hydrogen (secondary N) is 1. The molecule has 1 N–H and O–H groups in total. The largest absolute Gasteiger partial charge is 0.324 e. The molecule has 1 aliphatic rings. The number of halogens is 2. The Labute approximate surface area is 164 Å². The summed E-state index contributed by atoms with van der Waals surface area (Å²) in [6, 6.07) is 10.1. The Bertz CT molecular complexity index is 1080. The molecule has 7 nitrogen and oxygen atoms in total. The van der Waals surface area contributed by atoms with Gasteiger partial charge >= 0.3 is 0 Å². The van der Waals surface area contributed by atoms with Gasteiger partial charge in [-0.05, 0) is 24.3 Å². The SMILES string of the molecule is Cn1cc(C(=O)N2CC(=O)Nc3ccc(Cl)cc3C2c2ccccc2F)nn1. The minimum absolute atomic E-state index is 0.0575. The molecule has 1 aromatic heterocycles. The lowest BCUT2D eigenvalue weighted by Crippen LogP contribution is -2.39. The van der Waals surface area contributed by atoms with Gasteiger partial charge in [0.05, 0.1) is 12.2 Å². The summed E-state index contributed by atoms with van der Waals surface area (Å²) in [4.78, 5) is 26.9. The highest BCUT2D eigenvalue weighted by atomic mass is 35.5. The highest BCUT2D eigenvalue weighted by molar-refractivity contribution is 6.30. The fourth-order valence-corrected chi connectivity index (χ4v) is 3.47. The molecule has 0 bridgehead atoms. The zero-order chi connectivity index (χ0) is 19.8. The molecule has 9 heteroatoms. The normalized spacial score (nSPS) is 16.3. The van der Waals surface area contributed by atoms with Crippen LogP contribution in [0.3, 0.4) is 0 Å². The third kappa shape index (κ3) is 3.22. The number of anilines is 1. The van der Waals surface area contributed by atoms with Gasteiger partial charge in [-0.1, -0.05) is 35.0 Å². The Morgan fingerprint density at radius 2 is 2.04 bits per heavy atom. The molecule has 142 valence electrons. The first-order valence-electron chi connectivity index (χ1n) is 8.45. The quantitative estimate of drug-likeness (QED) is 0.718. The molecular weight excluding hydrogens is 385 g/mol. The zero-order valence-electron chi connectivity index (χ0n) is 14.8. The molecule has 28 heavy (non-hydrogen) atoms. The predicted molar refractivity (Wildman–Crippen MR) is 100 cm³/mol. The molecule has 3 aromatic rings. The number of rotatable bonds is 2. The molecule has 0 saturated heterocycles. The number of fused-ring (bicyclic) bond motifs is 1. The smallest absolute Gasteiger partial charge is 0.277 e. The molecular formula is C19H15ClFN5O2. The minimum atomic E-state index is -0.872. The van der Waals surface area contributed by atoms with Crippen molar-refractivity contribution in [3.05, 3.63) is 76.3 Å². The highest BCUT2D eigenvalue weighted by Gasteiger charge is 2.36. The summed E-state index contributed by atoms with van der Waals surface area (Å²) < 4.78 is 16.1. The Kier molecular flexibility index (Phi) is 4.56. The molecule has 1 unspecified atom stereocenters. The van der Waals surface area contributed by atoms with Gasteiger partial charge in [0.1, 0.15) is 12.4 Å². The van der Waals surface area contributed by atoms with Gasteiger partial charge in [-0.3, -0.25) is 14.3 Å². The second kappa shape index (κ2) is 7.05. The topological polar surface area (TPSA) is 80.1 Å². The van der Waals surface area contributed by atoms with Gasteiger partial charge in [0.2, 0.25) is 5.91 Å². The van der Waals surface area contributed by atoms with Crippen molar-refractivity contribution in [1.82, 2.24) is 19.9 Å². The van der Waals surface area contributed by atoms with Gasteiger partial charge in [0.15, 0.2) is 5.69 Å². The Hall–Kier alpha value is -3.26. The van der Waals surface area contributed by atoms with Crippen molar-refractivity contribution in [2.24, 2.45) is 7.05 Å². The van der Waals surface area contributed by atoms with Crippen LogP contribution in [-0.2, 0) is 11.8 Å². The van der Waals surface area contributed by atoms with E-state index >= 15 is 0 Å². The summed E-state index contributed by atoms with van der Waals surface area (Å²) in [5.74, 6) is -1.44. The van der Waals surface area contributed by atoms with E-state index in [2.05, 4.69) is 15.6 Å². The van der Waals surface area contributed by atoms with Crippen molar-refractivity contribution in [2.45, 2.75) is 6.04 Å². The first kappa shape index (κ1) is 18.1. The van der Waals surface area contributed by atoms with Crippen LogP contribution in [0.15, 0.2) is 48.7 Å². The Balaban J connectivity index is 1.93. The van der Waals surface area contributed by atoms with Gasteiger partial charge in [-0.2, -0.15) is 0 Å². The fraction of sp³-hybridized carbons (Fsp3) is 0.158. The number of carbonyl (C=O) groups is 2. The second-order valence-corrected chi connectivity index (χ2v) is 6.85. The summed E-state index contributed by atoms with van der Waals surface area (Å²) in [6.07, 6.45) is 1.45. The van der Waals surface area contributed by atoms with E-state index in [1.807, 2.05) is 0 Å². The third-order valence-corrected chi connectivity index (χ3v) is 4.73. The van der Waals surface area contributed by atoms with Crippen LogP contribution in [0, 0.1) is 5.82 Å². The van der Waals surface area contributed by atoms with Crippen molar-refractivity contribution in [1.29, 1.82) is 0 Å². The van der Waals surface area contributed by atoms with Gasteiger partial charge in [0, 0.05) is 28.9 Å². The van der Waals surface area contributed by atoms with Gasteiger partial charge in [0.25, 0.3) is 5.91 Å².